The van der Waals surface area contributed by atoms with Crippen LogP contribution in [0.2, 0.25) is 0 Å². The van der Waals surface area contributed by atoms with E-state index in [-0.39, 0.29) is 26.4 Å². The standard InChI is InChI=1S/C16H22O11/c1-5-22-15(19)26-11(3)13(17)24-9-7-21-8-10-25-14(18)12(4)27-16(20)23-6-2/h5-6,11-12H,1-2,7-10H2,3-4H3. The van der Waals surface area contributed by atoms with Gasteiger partial charge in [0, 0.05) is 0 Å². The molecule has 0 spiro atoms. The van der Waals surface area contributed by atoms with E-state index in [1.807, 2.05) is 0 Å². The Morgan fingerprint density at radius 3 is 1.44 bits per heavy atom. The van der Waals surface area contributed by atoms with Crippen LogP contribution >= 0.6 is 0 Å². The molecule has 152 valence electrons. The van der Waals surface area contributed by atoms with Crippen LogP contribution in [0.4, 0.5) is 9.59 Å². The highest BCUT2D eigenvalue weighted by Gasteiger charge is 2.20. The van der Waals surface area contributed by atoms with Crippen LogP contribution < -0.4 is 0 Å². The second kappa shape index (κ2) is 14.1. The minimum Gasteiger partial charge on any atom is -0.461 e. The molecule has 0 aliphatic heterocycles. The highest BCUT2D eigenvalue weighted by molar-refractivity contribution is 5.77. The van der Waals surface area contributed by atoms with E-state index in [0.29, 0.717) is 0 Å². The van der Waals surface area contributed by atoms with Gasteiger partial charge in [-0.15, -0.1) is 0 Å². The van der Waals surface area contributed by atoms with E-state index in [4.69, 9.17) is 14.2 Å². The van der Waals surface area contributed by atoms with E-state index in [1.54, 1.807) is 0 Å². The zero-order chi connectivity index (χ0) is 20.7. The summed E-state index contributed by atoms with van der Waals surface area (Å²) >= 11 is 0. The number of carbonyl (C=O) groups excluding carboxylic acids is 4. The van der Waals surface area contributed by atoms with E-state index in [2.05, 4.69) is 32.1 Å². The first kappa shape index (κ1) is 23.9. The molecular weight excluding hydrogens is 368 g/mol. The van der Waals surface area contributed by atoms with Crippen molar-refractivity contribution < 1.29 is 52.3 Å². The molecule has 27 heavy (non-hydrogen) atoms. The molecule has 0 aromatic rings. The Bertz CT molecular complexity index is 482. The number of hydrogen-bond donors (Lipinski definition) is 0. The molecule has 0 radical (unpaired) electrons. The van der Waals surface area contributed by atoms with Crippen LogP contribution in [0.3, 0.4) is 0 Å². The van der Waals surface area contributed by atoms with Crippen LogP contribution in [0.1, 0.15) is 13.8 Å². The molecule has 0 saturated carbocycles. The molecule has 0 aliphatic rings. The van der Waals surface area contributed by atoms with Gasteiger partial charge in [0.2, 0.25) is 0 Å². The SMILES string of the molecule is C=COC(=O)OC(C)C(=O)OCCOCCOC(=O)C(C)OC(=O)OC=C. The molecule has 0 aliphatic carbocycles. The lowest BCUT2D eigenvalue weighted by Crippen LogP contribution is -2.28. The minimum absolute atomic E-state index is 0.0187. The molecule has 0 N–H and O–H groups in total. The van der Waals surface area contributed by atoms with Gasteiger partial charge in [-0.3, -0.25) is 0 Å². The van der Waals surface area contributed by atoms with Crippen LogP contribution in [-0.4, -0.2) is 62.9 Å². The highest BCUT2D eigenvalue weighted by atomic mass is 16.7. The summed E-state index contributed by atoms with van der Waals surface area (Å²) in [5, 5.41) is 0. The second-order valence-electron chi connectivity index (χ2n) is 4.54. The molecule has 11 nitrogen and oxygen atoms in total. The number of hydrogen-bond acceptors (Lipinski definition) is 11. The molecule has 0 rings (SSSR count). The van der Waals surface area contributed by atoms with Crippen molar-refractivity contribution >= 4 is 24.2 Å². The zero-order valence-electron chi connectivity index (χ0n) is 15.0. The maximum absolute atomic E-state index is 11.5. The van der Waals surface area contributed by atoms with Crippen LogP contribution in [0, 0.1) is 0 Å². The Morgan fingerprint density at radius 1 is 0.741 bits per heavy atom. The van der Waals surface area contributed by atoms with E-state index in [0.717, 1.165) is 12.5 Å². The number of carbonyl (C=O) groups is 4. The molecule has 11 heteroatoms. The van der Waals surface area contributed by atoms with Crippen molar-refractivity contribution in [1.82, 2.24) is 0 Å². The number of ether oxygens (including phenoxy) is 7. The van der Waals surface area contributed by atoms with E-state index in [9.17, 15) is 19.2 Å². The second-order valence-corrected chi connectivity index (χ2v) is 4.54. The Hall–Kier alpha value is -3.08. The first-order valence-electron chi connectivity index (χ1n) is 7.69. The van der Waals surface area contributed by atoms with Crippen molar-refractivity contribution in [3.8, 4) is 0 Å². The van der Waals surface area contributed by atoms with Crippen molar-refractivity contribution in [3.63, 3.8) is 0 Å². The number of rotatable bonds is 12. The lowest BCUT2D eigenvalue weighted by Gasteiger charge is -2.13. The van der Waals surface area contributed by atoms with Gasteiger partial charge in [-0.05, 0) is 13.8 Å². The van der Waals surface area contributed by atoms with E-state index < -0.39 is 36.5 Å². The molecule has 0 bridgehead atoms. The summed E-state index contributed by atoms with van der Waals surface area (Å²) in [5.41, 5.74) is 0. The van der Waals surface area contributed by atoms with Gasteiger partial charge in [0.05, 0.1) is 25.7 Å². The third kappa shape index (κ3) is 12.0. The van der Waals surface area contributed by atoms with Gasteiger partial charge < -0.3 is 33.2 Å². The van der Waals surface area contributed by atoms with Gasteiger partial charge in [0.1, 0.15) is 13.2 Å². The summed E-state index contributed by atoms with van der Waals surface area (Å²) in [7, 11) is 0. The lowest BCUT2D eigenvalue weighted by atomic mass is 10.4. The summed E-state index contributed by atoms with van der Waals surface area (Å²) in [6, 6.07) is 0. The Morgan fingerprint density at radius 2 is 1.11 bits per heavy atom. The van der Waals surface area contributed by atoms with Crippen LogP contribution in [0.15, 0.2) is 25.7 Å². The van der Waals surface area contributed by atoms with E-state index >= 15 is 0 Å². The summed E-state index contributed by atoms with van der Waals surface area (Å²) in [6.07, 6.45) is -2.76. The van der Waals surface area contributed by atoms with Gasteiger partial charge in [0.25, 0.3) is 0 Å². The van der Waals surface area contributed by atoms with Crippen molar-refractivity contribution in [2.24, 2.45) is 0 Å². The Balaban J connectivity index is 3.76. The fourth-order valence-corrected chi connectivity index (χ4v) is 1.32. The first-order valence-corrected chi connectivity index (χ1v) is 7.69. The predicted octanol–water partition coefficient (Wildman–Crippen LogP) is 1.46. The van der Waals surface area contributed by atoms with Crippen molar-refractivity contribution in [2.45, 2.75) is 26.1 Å². The zero-order valence-corrected chi connectivity index (χ0v) is 15.0. The largest absolute Gasteiger partial charge is 0.514 e. The molecule has 2 unspecified atom stereocenters. The van der Waals surface area contributed by atoms with Crippen LogP contribution in [0.25, 0.3) is 0 Å². The van der Waals surface area contributed by atoms with Gasteiger partial charge in [-0.25, -0.2) is 19.2 Å². The topological polar surface area (TPSA) is 133 Å². The third-order valence-corrected chi connectivity index (χ3v) is 2.51. The normalized spacial score (nSPS) is 11.9. The predicted molar refractivity (Wildman–Crippen MR) is 87.2 cm³/mol. The Labute approximate surface area is 155 Å². The highest BCUT2D eigenvalue weighted by Crippen LogP contribution is 1.99. The molecule has 0 aromatic heterocycles. The average Bonchev–Trinajstić information content (AvgIpc) is 2.60. The molecule has 2 atom stereocenters. The van der Waals surface area contributed by atoms with Crippen LogP contribution in [0.5, 0.6) is 0 Å². The van der Waals surface area contributed by atoms with Crippen molar-refractivity contribution in [3.05, 3.63) is 25.7 Å². The van der Waals surface area contributed by atoms with Crippen LogP contribution in [-0.2, 0) is 42.7 Å². The van der Waals surface area contributed by atoms with Gasteiger partial charge in [-0.2, -0.15) is 0 Å². The summed E-state index contributed by atoms with van der Waals surface area (Å²) < 4.78 is 32.5. The quantitative estimate of drug-likeness (QED) is 0.207. The number of esters is 2. The van der Waals surface area contributed by atoms with E-state index in [1.165, 1.54) is 13.8 Å². The molecule has 0 amide bonds. The van der Waals surface area contributed by atoms with Gasteiger partial charge in [-0.1, -0.05) is 13.2 Å². The molecule has 0 fully saturated rings. The molecule has 0 saturated heterocycles. The third-order valence-electron chi connectivity index (χ3n) is 2.51. The summed E-state index contributed by atoms with van der Waals surface area (Å²) in [4.78, 5) is 45.0. The summed E-state index contributed by atoms with van der Waals surface area (Å²) in [5.74, 6) is -1.58. The smallest absolute Gasteiger partial charge is 0.461 e. The average molecular weight is 390 g/mol. The minimum atomic E-state index is -1.16. The first-order chi connectivity index (χ1) is 12.8. The summed E-state index contributed by atoms with van der Waals surface area (Å²) in [6.45, 7) is 8.76. The maximum Gasteiger partial charge on any atom is 0.514 e. The van der Waals surface area contributed by atoms with Gasteiger partial charge in [0.15, 0.2) is 12.2 Å². The van der Waals surface area contributed by atoms with Crippen molar-refractivity contribution in [1.29, 1.82) is 0 Å². The maximum atomic E-state index is 11.5. The fraction of sp³-hybridized carbons (Fsp3) is 0.500. The molecule has 0 aromatic carbocycles. The monoisotopic (exact) mass is 390 g/mol. The molecular formula is C16H22O11. The fourth-order valence-electron chi connectivity index (χ4n) is 1.32. The molecule has 0 heterocycles. The lowest BCUT2D eigenvalue weighted by molar-refractivity contribution is -0.156. The Kier molecular flexibility index (Phi) is 12.5. The van der Waals surface area contributed by atoms with Gasteiger partial charge >= 0.3 is 24.2 Å². The van der Waals surface area contributed by atoms with Crippen molar-refractivity contribution in [2.75, 3.05) is 26.4 Å².